The van der Waals surface area contributed by atoms with Crippen molar-refractivity contribution in [1.29, 1.82) is 0 Å². The number of aromatic nitrogens is 2. The molecule has 0 unspecified atom stereocenters. The van der Waals surface area contributed by atoms with Gasteiger partial charge >= 0.3 is 5.97 Å². The van der Waals surface area contributed by atoms with Gasteiger partial charge in [0.05, 0.1) is 5.56 Å². The van der Waals surface area contributed by atoms with Crippen molar-refractivity contribution in [1.82, 2.24) is 10.2 Å². The zero-order chi connectivity index (χ0) is 12.3. The van der Waals surface area contributed by atoms with Crippen LogP contribution in [0.4, 0.5) is 0 Å². The molecule has 2 aromatic rings. The summed E-state index contributed by atoms with van der Waals surface area (Å²) in [5, 5.41) is 16.4. The summed E-state index contributed by atoms with van der Waals surface area (Å²) >= 11 is 0. The van der Waals surface area contributed by atoms with E-state index in [9.17, 15) is 4.79 Å². The molecule has 0 radical (unpaired) electrons. The lowest BCUT2D eigenvalue weighted by Gasteiger charge is -2.08. The molecule has 0 spiro atoms. The SMILES string of the molecule is Cc1c(Oc2cccnn2)cccc1C(=O)O. The zero-order valence-corrected chi connectivity index (χ0v) is 9.12. The maximum Gasteiger partial charge on any atom is 0.336 e. The highest BCUT2D eigenvalue weighted by Crippen LogP contribution is 2.25. The molecule has 86 valence electrons. The minimum absolute atomic E-state index is 0.214. The normalized spacial score (nSPS) is 9.94. The number of ether oxygens (including phenoxy) is 1. The lowest BCUT2D eigenvalue weighted by atomic mass is 10.1. The minimum atomic E-state index is -0.980. The summed E-state index contributed by atoms with van der Waals surface area (Å²) in [5.74, 6) is -0.185. The Bertz CT molecular complexity index is 541. The van der Waals surface area contributed by atoms with Gasteiger partial charge in [0.15, 0.2) is 0 Å². The Morgan fingerprint density at radius 2 is 2.12 bits per heavy atom. The third-order valence-corrected chi connectivity index (χ3v) is 2.28. The molecule has 5 nitrogen and oxygen atoms in total. The van der Waals surface area contributed by atoms with Crippen molar-refractivity contribution in [2.75, 3.05) is 0 Å². The molecule has 0 aliphatic heterocycles. The largest absolute Gasteiger partial charge is 0.478 e. The summed E-state index contributed by atoms with van der Waals surface area (Å²) in [6, 6.07) is 8.19. The fourth-order valence-electron chi connectivity index (χ4n) is 1.41. The van der Waals surface area contributed by atoms with E-state index in [1.807, 2.05) is 0 Å². The third-order valence-electron chi connectivity index (χ3n) is 2.28. The van der Waals surface area contributed by atoms with E-state index >= 15 is 0 Å². The van der Waals surface area contributed by atoms with Gasteiger partial charge in [0.1, 0.15) is 5.75 Å². The van der Waals surface area contributed by atoms with Crippen molar-refractivity contribution in [3.63, 3.8) is 0 Å². The maximum absolute atomic E-state index is 10.9. The average Bonchev–Trinajstić information content (AvgIpc) is 2.33. The maximum atomic E-state index is 10.9. The molecule has 2 rings (SSSR count). The number of rotatable bonds is 3. The highest BCUT2D eigenvalue weighted by atomic mass is 16.5. The molecule has 1 N–H and O–H groups in total. The summed E-state index contributed by atoms with van der Waals surface area (Å²) in [7, 11) is 0. The van der Waals surface area contributed by atoms with E-state index in [-0.39, 0.29) is 5.56 Å². The van der Waals surface area contributed by atoms with E-state index in [0.29, 0.717) is 17.2 Å². The molecule has 5 heteroatoms. The molecule has 0 saturated heterocycles. The molecular formula is C12H10N2O3. The van der Waals surface area contributed by atoms with Crippen LogP contribution in [0.2, 0.25) is 0 Å². The smallest absolute Gasteiger partial charge is 0.336 e. The molecule has 1 aromatic heterocycles. The van der Waals surface area contributed by atoms with Crippen molar-refractivity contribution >= 4 is 5.97 Å². The number of carboxylic acid groups (broad SMARTS) is 1. The molecule has 0 fully saturated rings. The van der Waals surface area contributed by atoms with Gasteiger partial charge in [-0.2, -0.15) is 5.10 Å². The van der Waals surface area contributed by atoms with Crippen LogP contribution in [0.5, 0.6) is 11.6 Å². The van der Waals surface area contributed by atoms with Crippen LogP contribution in [-0.4, -0.2) is 21.3 Å². The second kappa shape index (κ2) is 4.61. The molecular weight excluding hydrogens is 220 g/mol. The van der Waals surface area contributed by atoms with Crippen LogP contribution in [-0.2, 0) is 0 Å². The molecule has 1 heterocycles. The van der Waals surface area contributed by atoms with Crippen LogP contribution in [0.25, 0.3) is 0 Å². The van der Waals surface area contributed by atoms with Gasteiger partial charge in [-0.1, -0.05) is 6.07 Å². The molecule has 0 bridgehead atoms. The molecule has 0 atom stereocenters. The zero-order valence-electron chi connectivity index (χ0n) is 9.12. The highest BCUT2D eigenvalue weighted by molar-refractivity contribution is 5.90. The fourth-order valence-corrected chi connectivity index (χ4v) is 1.41. The van der Waals surface area contributed by atoms with E-state index in [2.05, 4.69) is 10.2 Å². The van der Waals surface area contributed by atoms with Crippen molar-refractivity contribution in [2.24, 2.45) is 0 Å². The first kappa shape index (κ1) is 11.1. The van der Waals surface area contributed by atoms with Crippen molar-refractivity contribution in [2.45, 2.75) is 6.92 Å². The highest BCUT2D eigenvalue weighted by Gasteiger charge is 2.11. The second-order valence-corrected chi connectivity index (χ2v) is 3.40. The van der Waals surface area contributed by atoms with Gasteiger partial charge in [0, 0.05) is 17.8 Å². The van der Waals surface area contributed by atoms with Gasteiger partial charge in [-0.15, -0.1) is 5.10 Å². The number of nitrogens with zero attached hydrogens (tertiary/aromatic N) is 2. The van der Waals surface area contributed by atoms with Gasteiger partial charge in [-0.05, 0) is 25.1 Å². The number of aromatic carboxylic acids is 1. The number of carboxylic acids is 1. The summed E-state index contributed by atoms with van der Waals surface area (Å²) < 4.78 is 5.46. The quantitative estimate of drug-likeness (QED) is 0.875. The van der Waals surface area contributed by atoms with Crippen LogP contribution < -0.4 is 4.74 Å². The molecule has 0 aliphatic carbocycles. The summed E-state index contributed by atoms with van der Waals surface area (Å²) in [5.41, 5.74) is 0.775. The van der Waals surface area contributed by atoms with Crippen LogP contribution in [0.3, 0.4) is 0 Å². The lowest BCUT2D eigenvalue weighted by molar-refractivity contribution is 0.0695. The van der Waals surface area contributed by atoms with Crippen molar-refractivity contribution in [3.05, 3.63) is 47.7 Å². The van der Waals surface area contributed by atoms with E-state index in [1.165, 1.54) is 12.3 Å². The first-order chi connectivity index (χ1) is 8.18. The predicted molar refractivity (Wildman–Crippen MR) is 60.2 cm³/mol. The Kier molecular flexibility index (Phi) is 3.00. The van der Waals surface area contributed by atoms with Crippen LogP contribution in [0.1, 0.15) is 15.9 Å². The van der Waals surface area contributed by atoms with Crippen molar-refractivity contribution in [3.8, 4) is 11.6 Å². The van der Waals surface area contributed by atoms with Crippen LogP contribution >= 0.6 is 0 Å². The van der Waals surface area contributed by atoms with Gasteiger partial charge in [-0.3, -0.25) is 0 Å². The monoisotopic (exact) mass is 230 g/mol. The predicted octanol–water partition coefficient (Wildman–Crippen LogP) is 2.28. The summed E-state index contributed by atoms with van der Waals surface area (Å²) in [6.07, 6.45) is 1.54. The standard InChI is InChI=1S/C12H10N2O3/c1-8-9(12(15)16)4-2-5-10(8)17-11-6-3-7-13-14-11/h2-7H,1H3,(H,15,16). The van der Waals surface area contributed by atoms with Gasteiger partial charge in [0.25, 0.3) is 0 Å². The van der Waals surface area contributed by atoms with Crippen molar-refractivity contribution < 1.29 is 14.6 Å². The molecule has 1 aromatic carbocycles. The first-order valence-corrected chi connectivity index (χ1v) is 4.97. The lowest BCUT2D eigenvalue weighted by Crippen LogP contribution is -2.01. The number of hydrogen-bond acceptors (Lipinski definition) is 4. The van der Waals surface area contributed by atoms with E-state index < -0.39 is 5.97 Å². The Morgan fingerprint density at radius 3 is 2.76 bits per heavy atom. The number of hydrogen-bond donors (Lipinski definition) is 1. The molecule has 17 heavy (non-hydrogen) atoms. The van der Waals surface area contributed by atoms with Gasteiger partial charge in [-0.25, -0.2) is 4.79 Å². The summed E-state index contributed by atoms with van der Waals surface area (Å²) in [6.45, 7) is 1.69. The Morgan fingerprint density at radius 1 is 1.29 bits per heavy atom. The van der Waals surface area contributed by atoms with E-state index in [1.54, 1.807) is 31.2 Å². The molecule has 0 amide bonds. The minimum Gasteiger partial charge on any atom is -0.478 e. The van der Waals surface area contributed by atoms with Gasteiger partial charge < -0.3 is 9.84 Å². The summed E-state index contributed by atoms with van der Waals surface area (Å²) in [4.78, 5) is 10.9. The first-order valence-electron chi connectivity index (χ1n) is 4.97. The second-order valence-electron chi connectivity index (χ2n) is 3.40. The van der Waals surface area contributed by atoms with Crippen LogP contribution in [0.15, 0.2) is 36.5 Å². The Labute approximate surface area is 97.7 Å². The van der Waals surface area contributed by atoms with Gasteiger partial charge in [0.2, 0.25) is 5.88 Å². The number of carbonyl (C=O) groups is 1. The third kappa shape index (κ3) is 2.39. The van der Waals surface area contributed by atoms with E-state index in [4.69, 9.17) is 9.84 Å². The topological polar surface area (TPSA) is 72.3 Å². The molecule has 0 saturated carbocycles. The Hall–Kier alpha value is -2.43. The number of benzene rings is 1. The fraction of sp³-hybridized carbons (Fsp3) is 0.0833. The van der Waals surface area contributed by atoms with Crippen LogP contribution in [0, 0.1) is 6.92 Å². The van der Waals surface area contributed by atoms with E-state index in [0.717, 1.165) is 0 Å². The molecule has 0 aliphatic rings. The Balaban J connectivity index is 2.34. The average molecular weight is 230 g/mol.